The highest BCUT2D eigenvalue weighted by molar-refractivity contribution is 5.97. The fourth-order valence-electron chi connectivity index (χ4n) is 3.52. The molecule has 2 amide bonds. The number of hydrogen-bond acceptors (Lipinski definition) is 5. The zero-order valence-electron chi connectivity index (χ0n) is 15.6. The summed E-state index contributed by atoms with van der Waals surface area (Å²) in [5, 5.41) is 11.1. The summed E-state index contributed by atoms with van der Waals surface area (Å²) in [5.41, 5.74) is 2.51. The maximum absolute atomic E-state index is 12.8. The predicted octanol–water partition coefficient (Wildman–Crippen LogP) is 2.00. The third-order valence-corrected chi connectivity index (χ3v) is 5.12. The number of nitro groups is 1. The van der Waals surface area contributed by atoms with Crippen LogP contribution < -0.4 is 0 Å². The zero-order valence-corrected chi connectivity index (χ0v) is 15.6. The van der Waals surface area contributed by atoms with Gasteiger partial charge < -0.3 is 14.8 Å². The maximum Gasteiger partial charge on any atom is 0.273 e. The molecule has 0 saturated carbocycles. The van der Waals surface area contributed by atoms with E-state index >= 15 is 0 Å². The van der Waals surface area contributed by atoms with Crippen molar-refractivity contribution in [3.63, 3.8) is 0 Å². The van der Waals surface area contributed by atoms with Crippen molar-refractivity contribution in [2.24, 2.45) is 0 Å². The molecule has 0 atom stereocenters. The Kier molecular flexibility index (Phi) is 4.94. The first-order chi connectivity index (χ1) is 14.0. The maximum atomic E-state index is 12.8. The van der Waals surface area contributed by atoms with Crippen LogP contribution in [0.1, 0.15) is 15.9 Å². The molecule has 0 bridgehead atoms. The van der Waals surface area contributed by atoms with Gasteiger partial charge in [0.1, 0.15) is 0 Å². The van der Waals surface area contributed by atoms with Gasteiger partial charge in [-0.1, -0.05) is 18.2 Å². The Labute approximate surface area is 166 Å². The van der Waals surface area contributed by atoms with Crippen molar-refractivity contribution in [3.8, 4) is 0 Å². The molecule has 1 N–H and O–H groups in total. The van der Waals surface area contributed by atoms with Crippen molar-refractivity contribution >= 4 is 28.5 Å². The van der Waals surface area contributed by atoms with Crippen molar-refractivity contribution in [1.29, 1.82) is 0 Å². The van der Waals surface area contributed by atoms with Crippen LogP contribution in [0.3, 0.4) is 0 Å². The molecule has 2 aromatic carbocycles. The van der Waals surface area contributed by atoms with Gasteiger partial charge in [-0.05, 0) is 18.2 Å². The smallest absolute Gasteiger partial charge is 0.273 e. The lowest BCUT2D eigenvalue weighted by Gasteiger charge is -2.35. The molecule has 4 rings (SSSR count). The number of benzene rings is 2. The first kappa shape index (κ1) is 18.6. The van der Waals surface area contributed by atoms with Gasteiger partial charge >= 0.3 is 0 Å². The van der Waals surface area contributed by atoms with Gasteiger partial charge in [-0.2, -0.15) is 0 Å². The Morgan fingerprint density at radius 2 is 1.79 bits per heavy atom. The summed E-state index contributed by atoms with van der Waals surface area (Å²) in [6.45, 7) is 1.64. The summed E-state index contributed by atoms with van der Waals surface area (Å²) in [6.07, 6.45) is 1.56. The van der Waals surface area contributed by atoms with Crippen LogP contribution in [0.15, 0.2) is 48.8 Å². The van der Waals surface area contributed by atoms with Crippen LogP contribution in [0.5, 0.6) is 0 Å². The average molecular weight is 393 g/mol. The molecule has 9 heteroatoms. The van der Waals surface area contributed by atoms with E-state index in [0.717, 1.165) is 11.0 Å². The van der Waals surface area contributed by atoms with E-state index in [4.69, 9.17) is 0 Å². The lowest BCUT2D eigenvalue weighted by molar-refractivity contribution is -0.385. The van der Waals surface area contributed by atoms with Gasteiger partial charge in [-0.25, -0.2) is 4.98 Å². The van der Waals surface area contributed by atoms with E-state index in [9.17, 15) is 19.7 Å². The molecule has 2 heterocycles. The number of hydrogen-bond donors (Lipinski definition) is 1. The zero-order chi connectivity index (χ0) is 20.4. The monoisotopic (exact) mass is 393 g/mol. The Morgan fingerprint density at radius 1 is 1.07 bits per heavy atom. The molecular weight excluding hydrogens is 374 g/mol. The summed E-state index contributed by atoms with van der Waals surface area (Å²) in [7, 11) is 0. The van der Waals surface area contributed by atoms with Crippen LogP contribution in [-0.2, 0) is 11.2 Å². The molecular formula is C20H19N5O4. The van der Waals surface area contributed by atoms with Gasteiger partial charge in [0.2, 0.25) is 5.91 Å². The van der Waals surface area contributed by atoms with E-state index in [-0.39, 0.29) is 23.9 Å². The lowest BCUT2D eigenvalue weighted by Crippen LogP contribution is -2.51. The largest absolute Gasteiger partial charge is 0.345 e. The minimum Gasteiger partial charge on any atom is -0.345 e. The van der Waals surface area contributed by atoms with E-state index in [1.165, 1.54) is 6.07 Å². The number of nitrogens with zero attached hydrogens (tertiary/aromatic N) is 4. The number of amides is 2. The van der Waals surface area contributed by atoms with Gasteiger partial charge in [0, 0.05) is 43.4 Å². The molecule has 1 aliphatic heterocycles. The average Bonchev–Trinajstić information content (AvgIpc) is 3.21. The Bertz CT molecular complexity index is 1090. The van der Waals surface area contributed by atoms with Gasteiger partial charge in [-0.3, -0.25) is 19.7 Å². The van der Waals surface area contributed by atoms with Crippen molar-refractivity contribution in [3.05, 3.63) is 70.0 Å². The Hall–Kier alpha value is -3.75. The second-order valence-electron chi connectivity index (χ2n) is 6.87. The molecule has 1 fully saturated rings. The van der Waals surface area contributed by atoms with Crippen molar-refractivity contribution in [1.82, 2.24) is 19.8 Å². The fraction of sp³-hybridized carbons (Fsp3) is 0.250. The summed E-state index contributed by atoms with van der Waals surface area (Å²) >= 11 is 0. The van der Waals surface area contributed by atoms with E-state index < -0.39 is 4.92 Å². The van der Waals surface area contributed by atoms with E-state index in [2.05, 4.69) is 9.97 Å². The number of aromatic nitrogens is 2. The third kappa shape index (κ3) is 3.79. The molecule has 29 heavy (non-hydrogen) atoms. The first-order valence-electron chi connectivity index (χ1n) is 9.25. The number of nitrogens with one attached hydrogen (secondary N) is 1. The second-order valence-corrected chi connectivity index (χ2v) is 6.87. The SMILES string of the molecule is O=C(Cc1ccccc1[N+](=O)[O-])N1CCN(C(=O)c2ccc3nc[nH]c3c2)CC1. The molecule has 1 aromatic heterocycles. The van der Waals surface area contributed by atoms with E-state index in [0.29, 0.717) is 37.3 Å². The molecule has 0 radical (unpaired) electrons. The number of imidazole rings is 1. The highest BCUT2D eigenvalue weighted by Crippen LogP contribution is 2.20. The van der Waals surface area contributed by atoms with Crippen LogP contribution in [-0.4, -0.2) is 62.7 Å². The summed E-state index contributed by atoms with van der Waals surface area (Å²) in [6, 6.07) is 11.6. The van der Waals surface area contributed by atoms with Gasteiger partial charge in [0.05, 0.1) is 28.7 Å². The summed E-state index contributed by atoms with van der Waals surface area (Å²) < 4.78 is 0. The molecule has 0 unspecified atom stereocenters. The topological polar surface area (TPSA) is 112 Å². The Balaban J connectivity index is 1.38. The van der Waals surface area contributed by atoms with Crippen LogP contribution in [0.2, 0.25) is 0 Å². The summed E-state index contributed by atoms with van der Waals surface area (Å²) in [5.74, 6) is -0.266. The fourth-order valence-corrected chi connectivity index (χ4v) is 3.52. The number of fused-ring (bicyclic) bond motifs is 1. The van der Waals surface area contributed by atoms with Crippen LogP contribution >= 0.6 is 0 Å². The van der Waals surface area contributed by atoms with Crippen LogP contribution in [0, 0.1) is 10.1 Å². The number of para-hydroxylation sites is 1. The van der Waals surface area contributed by atoms with Crippen molar-refractivity contribution in [2.45, 2.75) is 6.42 Å². The predicted molar refractivity (Wildman–Crippen MR) is 105 cm³/mol. The number of piperazine rings is 1. The minimum atomic E-state index is -0.476. The number of carbonyl (C=O) groups is 2. The normalized spacial score (nSPS) is 14.2. The van der Waals surface area contributed by atoms with Gasteiger partial charge in [0.25, 0.3) is 11.6 Å². The van der Waals surface area contributed by atoms with Crippen LogP contribution in [0.4, 0.5) is 5.69 Å². The number of rotatable bonds is 4. The third-order valence-electron chi connectivity index (χ3n) is 5.12. The molecule has 148 valence electrons. The standard InChI is InChI=1S/C20H19N5O4/c26-19(12-14-3-1-2-4-18(14)25(28)29)23-7-9-24(10-8-23)20(27)15-5-6-16-17(11-15)22-13-21-16/h1-6,11,13H,7-10,12H2,(H,21,22). The van der Waals surface area contributed by atoms with Crippen molar-refractivity contribution in [2.75, 3.05) is 26.2 Å². The Morgan fingerprint density at radius 3 is 2.55 bits per heavy atom. The second kappa shape index (κ2) is 7.70. The lowest BCUT2D eigenvalue weighted by atomic mass is 10.1. The molecule has 0 aliphatic carbocycles. The van der Waals surface area contributed by atoms with Crippen LogP contribution in [0.25, 0.3) is 11.0 Å². The first-order valence-corrected chi connectivity index (χ1v) is 9.25. The molecule has 9 nitrogen and oxygen atoms in total. The highest BCUT2D eigenvalue weighted by atomic mass is 16.6. The van der Waals surface area contributed by atoms with Crippen molar-refractivity contribution < 1.29 is 14.5 Å². The molecule has 3 aromatic rings. The highest BCUT2D eigenvalue weighted by Gasteiger charge is 2.26. The number of H-pyrrole nitrogens is 1. The van der Waals surface area contributed by atoms with Gasteiger partial charge in [-0.15, -0.1) is 0 Å². The van der Waals surface area contributed by atoms with E-state index in [1.807, 2.05) is 0 Å². The van der Waals surface area contributed by atoms with E-state index in [1.54, 1.807) is 52.5 Å². The quantitative estimate of drug-likeness (QED) is 0.538. The molecule has 0 spiro atoms. The van der Waals surface area contributed by atoms with Gasteiger partial charge in [0.15, 0.2) is 0 Å². The minimum absolute atomic E-state index is 0.0262. The number of carbonyl (C=O) groups excluding carboxylic acids is 2. The molecule has 1 aliphatic rings. The summed E-state index contributed by atoms with van der Waals surface area (Å²) in [4.78, 5) is 46.5. The molecule has 1 saturated heterocycles. The number of nitro benzene ring substituents is 1. The number of aromatic amines is 1.